The third-order valence-corrected chi connectivity index (χ3v) is 7.68. The lowest BCUT2D eigenvalue weighted by Crippen LogP contribution is -2.39. The minimum atomic E-state index is -1.81. The molecule has 1 aromatic carbocycles. The Kier molecular flexibility index (Phi) is 7.65. The van der Waals surface area contributed by atoms with Gasteiger partial charge in [0.15, 0.2) is 17.4 Å². The standard InChI is InChI=1S/C24H30BrN5O4S/c1-13(2)15-11-18(34-12-15)20(14-7-5-6-8-14)27-23-22(28-35(33)29-23)26-17-10-9-16(25)19(21(17)31)24(32)30(3)4/h9-14,20,31H,5-8H2,1-4H3,(H,26,28)(H,27,29)/t20-,35?/m1/s1. The first-order valence-electron chi connectivity index (χ1n) is 11.6. The lowest BCUT2D eigenvalue weighted by molar-refractivity contribution is 0.0824. The second kappa shape index (κ2) is 10.5. The molecule has 3 N–H and O–H groups in total. The minimum Gasteiger partial charge on any atom is -0.505 e. The molecule has 2 aromatic rings. The van der Waals surface area contributed by atoms with Crippen LogP contribution < -0.4 is 10.6 Å². The summed E-state index contributed by atoms with van der Waals surface area (Å²) < 4.78 is 27.0. The maximum absolute atomic E-state index is 12.6. The molecular formula is C24H30BrN5O4S. The van der Waals surface area contributed by atoms with Crippen molar-refractivity contribution in [1.29, 1.82) is 0 Å². The van der Waals surface area contributed by atoms with E-state index in [4.69, 9.17) is 4.42 Å². The highest BCUT2D eigenvalue weighted by molar-refractivity contribution is 9.10. The highest BCUT2D eigenvalue weighted by atomic mass is 79.9. The number of amidine groups is 2. The molecule has 188 valence electrons. The summed E-state index contributed by atoms with van der Waals surface area (Å²) in [6.45, 7) is 4.23. The Balaban J connectivity index is 1.61. The van der Waals surface area contributed by atoms with Gasteiger partial charge in [-0.1, -0.05) is 26.7 Å². The topological polar surface area (TPSA) is 120 Å². The van der Waals surface area contributed by atoms with Crippen molar-refractivity contribution in [3.05, 3.63) is 45.8 Å². The second-order valence-corrected chi connectivity index (χ2v) is 11.0. The van der Waals surface area contributed by atoms with Crippen LogP contribution in [0.4, 0.5) is 5.69 Å². The first-order valence-corrected chi connectivity index (χ1v) is 13.5. The molecule has 0 spiro atoms. The van der Waals surface area contributed by atoms with Gasteiger partial charge in [-0.2, -0.15) is 0 Å². The molecule has 11 heteroatoms. The lowest BCUT2D eigenvalue weighted by Gasteiger charge is -2.24. The van der Waals surface area contributed by atoms with E-state index in [-0.39, 0.29) is 34.8 Å². The van der Waals surface area contributed by atoms with Gasteiger partial charge in [-0.3, -0.25) is 4.79 Å². The summed E-state index contributed by atoms with van der Waals surface area (Å²) in [6, 6.07) is 5.18. The van der Waals surface area contributed by atoms with E-state index in [2.05, 4.69) is 55.3 Å². The molecule has 1 aliphatic carbocycles. The number of hydrogen-bond acceptors (Lipinski definition) is 6. The fourth-order valence-corrected chi connectivity index (χ4v) is 5.47. The maximum Gasteiger partial charge on any atom is 0.269 e. The summed E-state index contributed by atoms with van der Waals surface area (Å²) in [5, 5.41) is 17.3. The van der Waals surface area contributed by atoms with Crippen LogP contribution >= 0.6 is 15.9 Å². The molecule has 1 unspecified atom stereocenters. The molecule has 35 heavy (non-hydrogen) atoms. The number of phenols is 1. The molecule has 1 fully saturated rings. The second-order valence-electron chi connectivity index (χ2n) is 9.36. The number of carbonyl (C=O) groups excluding carboxylic acids is 1. The maximum atomic E-state index is 12.6. The number of carbonyl (C=O) groups is 1. The van der Waals surface area contributed by atoms with Gasteiger partial charge >= 0.3 is 0 Å². The van der Waals surface area contributed by atoms with Crippen molar-refractivity contribution in [3.63, 3.8) is 0 Å². The van der Waals surface area contributed by atoms with Crippen molar-refractivity contribution in [2.75, 3.05) is 19.4 Å². The monoisotopic (exact) mass is 563 g/mol. The first kappa shape index (κ1) is 25.4. The van der Waals surface area contributed by atoms with Crippen molar-refractivity contribution in [2.24, 2.45) is 14.7 Å². The van der Waals surface area contributed by atoms with Crippen molar-refractivity contribution in [2.45, 2.75) is 51.5 Å². The van der Waals surface area contributed by atoms with Crippen LogP contribution in [0.1, 0.15) is 73.2 Å². The van der Waals surface area contributed by atoms with Gasteiger partial charge in [-0.15, -0.1) is 8.80 Å². The van der Waals surface area contributed by atoms with Gasteiger partial charge in [0.05, 0.1) is 23.6 Å². The summed E-state index contributed by atoms with van der Waals surface area (Å²) in [4.78, 5) is 14.0. The largest absolute Gasteiger partial charge is 0.505 e. The van der Waals surface area contributed by atoms with Crippen LogP contribution in [-0.4, -0.2) is 45.9 Å². The predicted octanol–water partition coefficient (Wildman–Crippen LogP) is 4.90. The predicted molar refractivity (Wildman–Crippen MR) is 141 cm³/mol. The minimum absolute atomic E-state index is 0.117. The zero-order valence-electron chi connectivity index (χ0n) is 20.2. The Bertz CT molecular complexity index is 1200. The third kappa shape index (κ3) is 5.45. The summed E-state index contributed by atoms with van der Waals surface area (Å²) in [7, 11) is 3.21. The number of benzene rings is 1. The molecule has 4 rings (SSSR count). The fourth-order valence-electron chi connectivity index (χ4n) is 4.36. The van der Waals surface area contributed by atoms with Crippen LogP contribution in [0.3, 0.4) is 0 Å². The number of amides is 1. The number of phenolic OH excluding ortho intramolecular Hbond substituents is 1. The number of anilines is 1. The molecule has 1 aliphatic heterocycles. The van der Waals surface area contributed by atoms with Crippen LogP contribution in [0.5, 0.6) is 5.75 Å². The van der Waals surface area contributed by atoms with Gasteiger partial charge in [-0.05, 0) is 64.4 Å². The SMILES string of the molecule is CC(C)c1coc([C@H](NC2=NS(=O)N=C2Nc2ccc(Br)c(C(=O)N(C)C)c2O)C2CCCC2)c1. The van der Waals surface area contributed by atoms with Gasteiger partial charge < -0.3 is 25.1 Å². The summed E-state index contributed by atoms with van der Waals surface area (Å²) >= 11 is 1.52. The number of hydrogen-bond donors (Lipinski definition) is 3. The van der Waals surface area contributed by atoms with Crippen LogP contribution in [0.2, 0.25) is 0 Å². The molecular weight excluding hydrogens is 534 g/mol. The number of nitrogens with one attached hydrogen (secondary N) is 2. The highest BCUT2D eigenvalue weighted by Gasteiger charge is 2.33. The van der Waals surface area contributed by atoms with E-state index in [1.807, 2.05) is 0 Å². The molecule has 0 bridgehead atoms. The van der Waals surface area contributed by atoms with Crippen molar-refractivity contribution in [1.82, 2.24) is 10.2 Å². The highest BCUT2D eigenvalue weighted by Crippen LogP contribution is 2.38. The fraction of sp³-hybridized carbons (Fsp3) is 0.458. The van der Waals surface area contributed by atoms with Gasteiger partial charge in [0, 0.05) is 18.6 Å². The van der Waals surface area contributed by atoms with E-state index in [9.17, 15) is 14.1 Å². The van der Waals surface area contributed by atoms with Crippen LogP contribution in [0.15, 0.2) is 42.1 Å². The number of aromatic hydroxyl groups is 1. The Morgan fingerprint density at radius 2 is 1.91 bits per heavy atom. The van der Waals surface area contributed by atoms with Gasteiger partial charge in [-0.25, -0.2) is 4.21 Å². The quantitative estimate of drug-likeness (QED) is 0.430. The molecule has 2 heterocycles. The van der Waals surface area contributed by atoms with Gasteiger partial charge in [0.1, 0.15) is 5.76 Å². The molecule has 2 atom stereocenters. The first-order chi connectivity index (χ1) is 16.7. The number of halogens is 1. The lowest BCUT2D eigenvalue weighted by atomic mass is 9.94. The Morgan fingerprint density at radius 1 is 1.23 bits per heavy atom. The van der Waals surface area contributed by atoms with E-state index in [1.165, 1.54) is 4.90 Å². The van der Waals surface area contributed by atoms with Crippen LogP contribution in [-0.2, 0) is 11.2 Å². The normalized spacial score (nSPS) is 19.0. The number of nitrogens with zero attached hydrogens (tertiary/aromatic N) is 3. The van der Waals surface area contributed by atoms with Gasteiger partial charge in [0.2, 0.25) is 0 Å². The van der Waals surface area contributed by atoms with E-state index in [1.54, 1.807) is 32.5 Å². The van der Waals surface area contributed by atoms with Crippen LogP contribution in [0.25, 0.3) is 0 Å². The molecule has 2 aliphatic rings. The van der Waals surface area contributed by atoms with E-state index in [0.717, 1.165) is 37.0 Å². The zero-order valence-corrected chi connectivity index (χ0v) is 22.6. The average molecular weight is 565 g/mol. The summed E-state index contributed by atoms with van der Waals surface area (Å²) in [6.07, 6.45) is 6.18. The molecule has 9 nitrogen and oxygen atoms in total. The number of rotatable bonds is 6. The summed E-state index contributed by atoms with van der Waals surface area (Å²) in [5.74, 6) is 1.44. The van der Waals surface area contributed by atoms with E-state index in [0.29, 0.717) is 22.1 Å². The average Bonchev–Trinajstić information content (AvgIpc) is 3.55. The molecule has 0 radical (unpaired) electrons. The number of furan rings is 1. The van der Waals surface area contributed by atoms with Crippen molar-refractivity contribution >= 4 is 50.4 Å². The summed E-state index contributed by atoms with van der Waals surface area (Å²) in [5.41, 5.74) is 1.49. The molecule has 1 amide bonds. The zero-order chi connectivity index (χ0) is 25.3. The Labute approximate surface area is 215 Å². The molecule has 0 saturated heterocycles. The van der Waals surface area contributed by atoms with Crippen molar-refractivity contribution < 1.29 is 18.5 Å². The third-order valence-electron chi connectivity index (χ3n) is 6.34. The Morgan fingerprint density at radius 3 is 2.54 bits per heavy atom. The van der Waals surface area contributed by atoms with Gasteiger partial charge in [0.25, 0.3) is 17.1 Å². The Hall–Kier alpha value is -2.66. The van der Waals surface area contributed by atoms with E-state index >= 15 is 0 Å². The van der Waals surface area contributed by atoms with E-state index < -0.39 is 11.2 Å². The molecule has 1 aromatic heterocycles. The van der Waals surface area contributed by atoms with Crippen molar-refractivity contribution in [3.8, 4) is 5.75 Å². The molecule has 1 saturated carbocycles. The van der Waals surface area contributed by atoms with Crippen LogP contribution in [0, 0.1) is 5.92 Å². The smallest absolute Gasteiger partial charge is 0.269 e.